The highest BCUT2D eigenvalue weighted by atomic mass is 32.2. The lowest BCUT2D eigenvalue weighted by atomic mass is 9.77. The summed E-state index contributed by atoms with van der Waals surface area (Å²) in [6.45, 7) is 7.28. The summed E-state index contributed by atoms with van der Waals surface area (Å²) in [6.07, 6.45) is 7.09. The van der Waals surface area contributed by atoms with Crippen LogP contribution in [-0.2, 0) is 9.59 Å². The Morgan fingerprint density at radius 1 is 0.952 bits per heavy atom. The predicted molar refractivity (Wildman–Crippen MR) is 87.9 cm³/mol. The van der Waals surface area contributed by atoms with E-state index >= 15 is 0 Å². The van der Waals surface area contributed by atoms with Gasteiger partial charge in [0.1, 0.15) is 5.41 Å². The van der Waals surface area contributed by atoms with Crippen LogP contribution in [0.3, 0.4) is 0 Å². The first-order chi connectivity index (χ1) is 9.99. The molecule has 1 aliphatic rings. The van der Waals surface area contributed by atoms with Crippen LogP contribution in [0.4, 0.5) is 4.79 Å². The number of barbiturate groups is 1. The molecule has 116 valence electrons. The van der Waals surface area contributed by atoms with Crippen LogP contribution in [0.5, 0.6) is 0 Å². The lowest BCUT2D eigenvalue weighted by Gasteiger charge is -2.43. The van der Waals surface area contributed by atoms with E-state index < -0.39 is 23.3 Å². The van der Waals surface area contributed by atoms with Crippen molar-refractivity contribution in [1.82, 2.24) is 9.80 Å². The Labute approximate surface area is 133 Å². The minimum atomic E-state index is -1.29. The number of carbonyl (C=O) groups excluding carboxylic acids is 3. The Hall–Kier alpha value is -1.21. The molecule has 1 saturated heterocycles. The average Bonchev–Trinajstić information content (AvgIpc) is 2.46. The van der Waals surface area contributed by atoms with Gasteiger partial charge < -0.3 is 0 Å². The van der Waals surface area contributed by atoms with E-state index in [2.05, 4.69) is 13.2 Å². The fourth-order valence-corrected chi connectivity index (χ4v) is 3.31. The number of thioether (sulfide) groups is 2. The second kappa shape index (κ2) is 7.70. The van der Waals surface area contributed by atoms with Crippen LogP contribution in [0.25, 0.3) is 0 Å². The van der Waals surface area contributed by atoms with Gasteiger partial charge in [0.2, 0.25) is 11.8 Å². The molecule has 0 bridgehead atoms. The smallest absolute Gasteiger partial charge is 0.273 e. The van der Waals surface area contributed by atoms with Crippen LogP contribution < -0.4 is 0 Å². The predicted octanol–water partition coefficient (Wildman–Crippen LogP) is 2.56. The molecule has 5 nitrogen and oxygen atoms in total. The van der Waals surface area contributed by atoms with Gasteiger partial charge in [-0.15, -0.1) is 36.7 Å². The van der Waals surface area contributed by atoms with Crippen molar-refractivity contribution in [1.29, 1.82) is 0 Å². The number of carbonyl (C=O) groups is 3. The molecule has 21 heavy (non-hydrogen) atoms. The molecule has 0 aromatic rings. The summed E-state index contributed by atoms with van der Waals surface area (Å²) in [7, 11) is 0. The van der Waals surface area contributed by atoms with Gasteiger partial charge in [-0.3, -0.25) is 19.4 Å². The van der Waals surface area contributed by atoms with E-state index in [1.54, 1.807) is 24.7 Å². The lowest BCUT2D eigenvalue weighted by molar-refractivity contribution is -0.157. The fourth-order valence-electron chi connectivity index (χ4n) is 2.34. The Kier molecular flexibility index (Phi) is 6.54. The first kappa shape index (κ1) is 17.8. The average molecular weight is 328 g/mol. The highest BCUT2D eigenvalue weighted by Gasteiger charge is 2.55. The summed E-state index contributed by atoms with van der Waals surface area (Å²) in [5, 5.41) is 0. The molecule has 1 fully saturated rings. The van der Waals surface area contributed by atoms with E-state index in [0.717, 1.165) is 9.80 Å². The van der Waals surface area contributed by atoms with Crippen LogP contribution in [0.15, 0.2) is 25.3 Å². The molecule has 1 heterocycles. The van der Waals surface area contributed by atoms with E-state index in [-0.39, 0.29) is 24.6 Å². The van der Waals surface area contributed by atoms with Gasteiger partial charge >= 0.3 is 6.03 Å². The van der Waals surface area contributed by atoms with Crippen LogP contribution in [0.2, 0.25) is 0 Å². The zero-order valence-corrected chi connectivity index (χ0v) is 14.0. The topological polar surface area (TPSA) is 57.7 Å². The molecule has 0 radical (unpaired) electrons. The number of urea groups is 1. The molecular weight excluding hydrogens is 308 g/mol. The standard InChI is InChI=1S/C14H20N2O3S2/c1-5-7-14(8-6-2)11(17)15(9-20-3)13(19)16(10-21-4)12(14)18/h5-6H,1-2,7-10H2,3-4H3. The number of allylic oxidation sites excluding steroid dienone is 2. The molecule has 7 heteroatoms. The molecule has 1 aliphatic heterocycles. The molecule has 0 aromatic carbocycles. The molecule has 0 aliphatic carbocycles. The summed E-state index contributed by atoms with van der Waals surface area (Å²) in [5.41, 5.74) is -1.29. The van der Waals surface area contributed by atoms with Crippen molar-refractivity contribution < 1.29 is 14.4 Å². The Morgan fingerprint density at radius 3 is 1.62 bits per heavy atom. The van der Waals surface area contributed by atoms with Crippen LogP contribution in [-0.4, -0.2) is 51.9 Å². The first-order valence-electron chi connectivity index (χ1n) is 6.37. The summed E-state index contributed by atoms with van der Waals surface area (Å²) in [4.78, 5) is 40.1. The van der Waals surface area contributed by atoms with Gasteiger partial charge in [0.05, 0.1) is 11.8 Å². The normalized spacial score (nSPS) is 18.1. The molecule has 0 saturated carbocycles. The van der Waals surface area contributed by atoms with Crippen molar-refractivity contribution in [2.45, 2.75) is 12.8 Å². The summed E-state index contributed by atoms with van der Waals surface area (Å²) in [6, 6.07) is -0.544. The second-order valence-corrected chi connectivity index (χ2v) is 6.32. The minimum Gasteiger partial charge on any atom is -0.273 e. The zero-order valence-electron chi connectivity index (χ0n) is 12.3. The minimum absolute atomic E-state index is 0.194. The molecular formula is C14H20N2O3S2. The third-order valence-electron chi connectivity index (χ3n) is 3.27. The van der Waals surface area contributed by atoms with Crippen molar-refractivity contribution in [3.63, 3.8) is 0 Å². The zero-order chi connectivity index (χ0) is 16.0. The summed E-state index contributed by atoms with van der Waals surface area (Å²) < 4.78 is 0. The molecule has 0 spiro atoms. The Morgan fingerprint density at radius 2 is 1.33 bits per heavy atom. The van der Waals surface area contributed by atoms with Gasteiger partial charge in [-0.1, -0.05) is 12.2 Å². The highest BCUT2D eigenvalue weighted by molar-refractivity contribution is 7.98. The molecule has 0 unspecified atom stereocenters. The maximum Gasteiger partial charge on any atom is 0.334 e. The summed E-state index contributed by atoms with van der Waals surface area (Å²) in [5.74, 6) is -0.453. The largest absolute Gasteiger partial charge is 0.334 e. The van der Waals surface area contributed by atoms with Gasteiger partial charge in [0, 0.05) is 0 Å². The molecule has 0 atom stereocenters. The van der Waals surface area contributed by atoms with E-state index in [1.165, 1.54) is 23.5 Å². The Bertz CT molecular complexity index is 425. The quantitative estimate of drug-likeness (QED) is 0.506. The SMILES string of the molecule is C=CCC1(CC=C)C(=O)N(CSC)C(=O)N(CSC)C1=O. The summed E-state index contributed by atoms with van der Waals surface area (Å²) >= 11 is 2.72. The first-order valence-corrected chi connectivity index (χ1v) is 9.16. The van der Waals surface area contributed by atoms with Crippen LogP contribution in [0.1, 0.15) is 12.8 Å². The molecule has 0 aromatic heterocycles. The highest BCUT2D eigenvalue weighted by Crippen LogP contribution is 2.37. The van der Waals surface area contributed by atoms with Crippen LogP contribution >= 0.6 is 23.5 Å². The Balaban J connectivity index is 3.34. The number of imide groups is 2. The van der Waals surface area contributed by atoms with Crippen molar-refractivity contribution in [2.75, 3.05) is 24.3 Å². The van der Waals surface area contributed by atoms with E-state index in [4.69, 9.17) is 0 Å². The van der Waals surface area contributed by atoms with Crippen molar-refractivity contribution in [2.24, 2.45) is 5.41 Å². The third kappa shape index (κ3) is 3.18. The van der Waals surface area contributed by atoms with Gasteiger partial charge in [0.25, 0.3) is 0 Å². The number of rotatable bonds is 8. The second-order valence-electron chi connectivity index (χ2n) is 4.65. The van der Waals surface area contributed by atoms with Gasteiger partial charge in [-0.05, 0) is 25.4 Å². The lowest BCUT2D eigenvalue weighted by Crippen LogP contribution is -2.64. The third-order valence-corrected chi connectivity index (χ3v) is 4.31. The monoisotopic (exact) mass is 328 g/mol. The maximum absolute atomic E-state index is 12.7. The number of nitrogens with zero attached hydrogens (tertiary/aromatic N) is 2. The van der Waals surface area contributed by atoms with Gasteiger partial charge in [-0.25, -0.2) is 4.79 Å². The van der Waals surface area contributed by atoms with Crippen molar-refractivity contribution >= 4 is 41.4 Å². The maximum atomic E-state index is 12.7. The number of amides is 4. The molecule has 4 amide bonds. The van der Waals surface area contributed by atoms with Crippen molar-refractivity contribution in [3.8, 4) is 0 Å². The molecule has 1 rings (SSSR count). The van der Waals surface area contributed by atoms with Gasteiger partial charge in [0.15, 0.2) is 0 Å². The van der Waals surface area contributed by atoms with Crippen LogP contribution in [0, 0.1) is 5.41 Å². The van der Waals surface area contributed by atoms with Crippen molar-refractivity contribution in [3.05, 3.63) is 25.3 Å². The molecule has 0 N–H and O–H groups in total. The fraction of sp³-hybridized carbons (Fsp3) is 0.500. The van der Waals surface area contributed by atoms with E-state index in [1.807, 2.05) is 0 Å². The number of hydrogen-bond acceptors (Lipinski definition) is 5. The number of hydrogen-bond donors (Lipinski definition) is 0. The van der Waals surface area contributed by atoms with E-state index in [0.29, 0.717) is 0 Å². The van der Waals surface area contributed by atoms with E-state index in [9.17, 15) is 14.4 Å². The van der Waals surface area contributed by atoms with Gasteiger partial charge in [-0.2, -0.15) is 0 Å².